The molecule has 1 atom stereocenters. The summed E-state index contributed by atoms with van der Waals surface area (Å²) in [5.41, 5.74) is 7.65. The Kier molecular flexibility index (Phi) is 3.45. The second-order valence-electron chi connectivity index (χ2n) is 5.13. The van der Waals surface area contributed by atoms with Gasteiger partial charge in [-0.05, 0) is 24.6 Å². The normalized spacial score (nSPS) is 15.6. The van der Waals surface area contributed by atoms with Gasteiger partial charge >= 0.3 is 0 Å². The summed E-state index contributed by atoms with van der Waals surface area (Å²) in [7, 11) is 1.75. The van der Waals surface area contributed by atoms with Gasteiger partial charge in [-0.15, -0.1) is 0 Å². The highest BCUT2D eigenvalue weighted by atomic mass is 19.1. The lowest BCUT2D eigenvalue weighted by Gasteiger charge is -2.14. The van der Waals surface area contributed by atoms with E-state index in [1.807, 2.05) is 0 Å². The Morgan fingerprint density at radius 3 is 2.48 bits per heavy atom. The third kappa shape index (κ3) is 2.53. The average Bonchev–Trinajstić information content (AvgIpc) is 2.66. The number of rotatable bonds is 2. The third-order valence-corrected chi connectivity index (χ3v) is 3.54. The molecule has 0 radical (unpaired) electrons. The van der Waals surface area contributed by atoms with Crippen LogP contribution in [0.2, 0.25) is 0 Å². The lowest BCUT2D eigenvalue weighted by molar-refractivity contribution is 0.296. The van der Waals surface area contributed by atoms with Crippen molar-refractivity contribution in [2.45, 2.75) is 19.5 Å². The van der Waals surface area contributed by atoms with Crippen LogP contribution in [0.4, 0.5) is 10.2 Å². The van der Waals surface area contributed by atoms with Crippen LogP contribution < -0.4 is 15.2 Å². The maximum absolute atomic E-state index is 14.0. The Balaban J connectivity index is 2.15. The molecule has 0 saturated heterocycles. The van der Waals surface area contributed by atoms with E-state index in [4.69, 9.17) is 15.2 Å². The van der Waals surface area contributed by atoms with Gasteiger partial charge in [0, 0.05) is 25.1 Å². The van der Waals surface area contributed by atoms with E-state index in [9.17, 15) is 4.39 Å². The largest absolute Gasteiger partial charge is 0.490 e. The molecule has 0 spiro atoms. The molecule has 1 aromatic carbocycles. The van der Waals surface area contributed by atoms with E-state index < -0.39 is 6.17 Å². The van der Waals surface area contributed by atoms with Crippen molar-refractivity contribution in [3.63, 3.8) is 0 Å². The summed E-state index contributed by atoms with van der Waals surface area (Å²) in [5.74, 6) is 1.73. The highest BCUT2D eigenvalue weighted by Gasteiger charge is 2.20. The molecule has 2 aromatic rings. The van der Waals surface area contributed by atoms with Gasteiger partial charge in [0.2, 0.25) is 0 Å². The molecule has 1 aliphatic rings. The fourth-order valence-electron chi connectivity index (χ4n) is 2.39. The van der Waals surface area contributed by atoms with Crippen LogP contribution in [0.25, 0.3) is 11.3 Å². The van der Waals surface area contributed by atoms with Crippen LogP contribution in [-0.4, -0.2) is 23.0 Å². The maximum Gasteiger partial charge on any atom is 0.161 e. The van der Waals surface area contributed by atoms with Crippen molar-refractivity contribution in [1.29, 1.82) is 0 Å². The predicted octanol–water partition coefficient (Wildman–Crippen LogP) is 2.86. The molecule has 1 unspecified atom stereocenters. The number of nitrogen functional groups attached to an aromatic ring is 1. The minimum absolute atomic E-state index is 0.523. The molecule has 0 bridgehead atoms. The van der Waals surface area contributed by atoms with E-state index in [-0.39, 0.29) is 0 Å². The Labute approximate surface area is 122 Å². The number of nitrogens with zero attached hydrogens (tertiary/aromatic N) is 2. The molecule has 1 aliphatic heterocycles. The van der Waals surface area contributed by atoms with Crippen LogP contribution in [0.1, 0.15) is 25.1 Å². The molecule has 3 rings (SSSR count). The third-order valence-electron chi connectivity index (χ3n) is 3.54. The molecule has 0 fully saturated rings. The van der Waals surface area contributed by atoms with E-state index in [0.29, 0.717) is 47.4 Å². The minimum Gasteiger partial charge on any atom is -0.490 e. The number of hydrogen-bond donors (Lipinski definition) is 1. The SMILES string of the molecule is CC(F)c1cc2c(cc1-c1cc(N)n(C)n1)OCCCO2. The Bertz CT molecular complexity index is 648. The zero-order valence-electron chi connectivity index (χ0n) is 12.1. The van der Waals surface area contributed by atoms with Gasteiger partial charge < -0.3 is 15.2 Å². The molecule has 0 saturated carbocycles. The van der Waals surface area contributed by atoms with Crippen LogP contribution in [-0.2, 0) is 7.05 Å². The van der Waals surface area contributed by atoms with Gasteiger partial charge in [0.15, 0.2) is 11.5 Å². The van der Waals surface area contributed by atoms with Crippen molar-refractivity contribution < 1.29 is 13.9 Å². The average molecular weight is 291 g/mol. The fourth-order valence-corrected chi connectivity index (χ4v) is 2.39. The lowest BCUT2D eigenvalue weighted by Crippen LogP contribution is -1.99. The number of halogens is 1. The van der Waals surface area contributed by atoms with Crippen LogP contribution in [0.15, 0.2) is 18.2 Å². The quantitative estimate of drug-likeness (QED) is 0.924. The van der Waals surface area contributed by atoms with Gasteiger partial charge in [-0.25, -0.2) is 4.39 Å². The highest BCUT2D eigenvalue weighted by Crippen LogP contribution is 2.40. The summed E-state index contributed by atoms with van der Waals surface area (Å²) in [6, 6.07) is 5.21. The van der Waals surface area contributed by atoms with Crippen LogP contribution in [0.5, 0.6) is 11.5 Å². The molecule has 5 nitrogen and oxygen atoms in total. The number of benzene rings is 1. The number of nitrogens with two attached hydrogens (primary N) is 1. The van der Waals surface area contributed by atoms with Crippen molar-refractivity contribution in [2.24, 2.45) is 7.05 Å². The number of ether oxygens (including phenoxy) is 2. The van der Waals surface area contributed by atoms with Gasteiger partial charge in [-0.1, -0.05) is 0 Å². The molecule has 1 aromatic heterocycles. The molecule has 21 heavy (non-hydrogen) atoms. The van der Waals surface area contributed by atoms with E-state index in [0.717, 1.165) is 6.42 Å². The standard InChI is InChI=1S/C15H18FN3O2/c1-9(16)10-6-13-14(21-5-3-4-20-13)7-11(10)12-8-15(17)19(2)18-12/h6-9H,3-5,17H2,1-2H3. The summed E-state index contributed by atoms with van der Waals surface area (Å²) < 4.78 is 26.8. The van der Waals surface area contributed by atoms with Crippen molar-refractivity contribution in [1.82, 2.24) is 9.78 Å². The molecule has 0 amide bonds. The van der Waals surface area contributed by atoms with Gasteiger partial charge in [0.05, 0.1) is 18.9 Å². The van der Waals surface area contributed by atoms with Crippen LogP contribution in [0.3, 0.4) is 0 Å². The second-order valence-corrected chi connectivity index (χ2v) is 5.13. The smallest absolute Gasteiger partial charge is 0.161 e. The summed E-state index contributed by atoms with van der Waals surface area (Å²) in [6.07, 6.45) is -0.332. The van der Waals surface area contributed by atoms with Gasteiger partial charge in [0.25, 0.3) is 0 Å². The molecular weight excluding hydrogens is 273 g/mol. The van der Waals surface area contributed by atoms with Crippen molar-refractivity contribution >= 4 is 5.82 Å². The zero-order valence-corrected chi connectivity index (χ0v) is 12.1. The first-order chi connectivity index (χ1) is 10.1. The fraction of sp³-hybridized carbons (Fsp3) is 0.400. The van der Waals surface area contributed by atoms with Gasteiger partial charge in [-0.2, -0.15) is 5.10 Å². The number of fused-ring (bicyclic) bond motifs is 1. The Hall–Kier alpha value is -2.24. The highest BCUT2D eigenvalue weighted by molar-refractivity contribution is 5.70. The number of alkyl halides is 1. The topological polar surface area (TPSA) is 62.3 Å². The summed E-state index contributed by atoms with van der Waals surface area (Å²) in [6.45, 7) is 2.65. The summed E-state index contributed by atoms with van der Waals surface area (Å²) >= 11 is 0. The first kappa shape index (κ1) is 13.7. The van der Waals surface area contributed by atoms with Crippen molar-refractivity contribution in [2.75, 3.05) is 18.9 Å². The molecule has 6 heteroatoms. The van der Waals surface area contributed by atoms with Crippen LogP contribution in [0, 0.1) is 0 Å². The number of aromatic nitrogens is 2. The number of aryl methyl sites for hydroxylation is 1. The Morgan fingerprint density at radius 1 is 1.24 bits per heavy atom. The first-order valence-electron chi connectivity index (χ1n) is 6.93. The maximum atomic E-state index is 14.0. The van der Waals surface area contributed by atoms with Gasteiger partial charge in [0.1, 0.15) is 12.0 Å². The molecule has 2 heterocycles. The van der Waals surface area contributed by atoms with Crippen molar-refractivity contribution in [3.05, 3.63) is 23.8 Å². The number of anilines is 1. The van der Waals surface area contributed by atoms with E-state index in [2.05, 4.69) is 5.10 Å². The molecular formula is C15H18FN3O2. The van der Waals surface area contributed by atoms with E-state index in [1.165, 1.54) is 6.92 Å². The van der Waals surface area contributed by atoms with Crippen LogP contribution >= 0.6 is 0 Å². The Morgan fingerprint density at radius 2 is 1.90 bits per heavy atom. The number of hydrogen-bond acceptors (Lipinski definition) is 4. The predicted molar refractivity (Wildman–Crippen MR) is 78.2 cm³/mol. The van der Waals surface area contributed by atoms with E-state index >= 15 is 0 Å². The molecule has 0 aliphatic carbocycles. The summed E-state index contributed by atoms with van der Waals surface area (Å²) in [4.78, 5) is 0. The monoisotopic (exact) mass is 291 g/mol. The molecule has 112 valence electrons. The first-order valence-corrected chi connectivity index (χ1v) is 6.93. The second kappa shape index (κ2) is 5.27. The van der Waals surface area contributed by atoms with Crippen molar-refractivity contribution in [3.8, 4) is 22.8 Å². The van der Waals surface area contributed by atoms with Gasteiger partial charge in [-0.3, -0.25) is 4.68 Å². The summed E-state index contributed by atoms with van der Waals surface area (Å²) in [5, 5.41) is 4.32. The molecule has 2 N–H and O–H groups in total. The minimum atomic E-state index is -1.14. The zero-order chi connectivity index (χ0) is 15.0. The lowest BCUT2D eigenvalue weighted by atomic mass is 10.00. The van der Waals surface area contributed by atoms with E-state index in [1.54, 1.807) is 29.9 Å².